The highest BCUT2D eigenvalue weighted by Crippen LogP contribution is 2.23. The largest absolute Gasteiger partial charge is 0.392 e. The van der Waals surface area contributed by atoms with Gasteiger partial charge in [-0.05, 0) is 18.1 Å². The first-order chi connectivity index (χ1) is 8.05. The second-order valence-electron chi connectivity index (χ2n) is 4.12. The molecule has 0 spiro atoms. The Hall–Kier alpha value is -0.950. The smallest absolute Gasteiger partial charge is 0.243 e. The molecule has 0 aromatic heterocycles. The molecule has 1 aliphatic heterocycles. The van der Waals surface area contributed by atoms with E-state index in [9.17, 15) is 13.5 Å². The summed E-state index contributed by atoms with van der Waals surface area (Å²) in [4.78, 5) is 0.247. The number of β-amino-alcohol motifs (C(OH)–C–C–N with tert-alkyl or cyclic N) is 1. The summed E-state index contributed by atoms with van der Waals surface area (Å²) in [5, 5.41) is 9.41. The van der Waals surface area contributed by atoms with E-state index in [1.165, 1.54) is 4.31 Å². The summed E-state index contributed by atoms with van der Waals surface area (Å²) < 4.78 is 25.9. The minimum atomic E-state index is -3.52. The third-order valence-electron chi connectivity index (χ3n) is 2.94. The molecule has 1 atom stereocenters. The van der Waals surface area contributed by atoms with E-state index in [2.05, 4.69) is 0 Å². The second kappa shape index (κ2) is 4.73. The van der Waals surface area contributed by atoms with Crippen molar-refractivity contribution in [2.75, 3.05) is 13.1 Å². The summed E-state index contributed by atoms with van der Waals surface area (Å²) in [6.07, 6.45) is -0.0703. The lowest BCUT2D eigenvalue weighted by Crippen LogP contribution is -2.30. The van der Waals surface area contributed by atoms with E-state index in [1.54, 1.807) is 24.3 Å². The molecule has 0 amide bonds. The Kier molecular flexibility index (Phi) is 3.48. The fraction of sp³-hybridized carbons (Fsp3) is 0.455. The van der Waals surface area contributed by atoms with E-state index in [0.717, 1.165) is 0 Å². The van der Waals surface area contributed by atoms with Crippen LogP contribution in [0.25, 0.3) is 0 Å². The molecule has 0 radical (unpaired) electrons. The van der Waals surface area contributed by atoms with Gasteiger partial charge in [-0.1, -0.05) is 18.2 Å². The topological polar surface area (TPSA) is 83.6 Å². The second-order valence-corrected chi connectivity index (χ2v) is 6.02. The predicted octanol–water partition coefficient (Wildman–Crippen LogP) is -0.0994. The maximum atomic E-state index is 12.3. The molecule has 1 fully saturated rings. The Morgan fingerprint density at radius 2 is 2.12 bits per heavy atom. The normalized spacial score (nSPS) is 21.9. The number of nitrogens with zero attached hydrogens (tertiary/aromatic N) is 1. The van der Waals surface area contributed by atoms with Crippen molar-refractivity contribution in [3.63, 3.8) is 0 Å². The van der Waals surface area contributed by atoms with E-state index >= 15 is 0 Å². The van der Waals surface area contributed by atoms with Crippen molar-refractivity contribution in [1.29, 1.82) is 0 Å². The first-order valence-corrected chi connectivity index (χ1v) is 6.96. The number of hydrogen-bond donors (Lipinski definition) is 2. The van der Waals surface area contributed by atoms with Crippen LogP contribution < -0.4 is 5.73 Å². The third-order valence-corrected chi connectivity index (χ3v) is 4.90. The summed E-state index contributed by atoms with van der Waals surface area (Å²) in [6, 6.07) is 6.71. The van der Waals surface area contributed by atoms with Gasteiger partial charge in [0.15, 0.2) is 0 Å². The van der Waals surface area contributed by atoms with Gasteiger partial charge in [-0.2, -0.15) is 4.31 Å². The Balaban J connectivity index is 2.38. The lowest BCUT2D eigenvalue weighted by molar-refractivity contribution is 0.189. The van der Waals surface area contributed by atoms with Crippen LogP contribution >= 0.6 is 0 Å². The quantitative estimate of drug-likeness (QED) is 0.791. The average Bonchev–Trinajstić information content (AvgIpc) is 2.76. The van der Waals surface area contributed by atoms with Crippen LogP contribution in [-0.2, 0) is 16.6 Å². The molecule has 1 heterocycles. The van der Waals surface area contributed by atoms with Crippen molar-refractivity contribution >= 4 is 10.0 Å². The summed E-state index contributed by atoms with van der Waals surface area (Å²) in [7, 11) is -3.52. The van der Waals surface area contributed by atoms with Crippen molar-refractivity contribution in [1.82, 2.24) is 4.31 Å². The van der Waals surface area contributed by atoms with Gasteiger partial charge >= 0.3 is 0 Å². The van der Waals surface area contributed by atoms with Crippen molar-refractivity contribution in [3.8, 4) is 0 Å². The maximum absolute atomic E-state index is 12.3. The molecule has 94 valence electrons. The molecule has 1 unspecified atom stereocenters. The lowest BCUT2D eigenvalue weighted by atomic mass is 10.2. The highest BCUT2D eigenvalue weighted by molar-refractivity contribution is 7.89. The molecule has 0 aliphatic carbocycles. The van der Waals surface area contributed by atoms with Gasteiger partial charge in [-0.25, -0.2) is 8.42 Å². The third kappa shape index (κ3) is 2.35. The van der Waals surface area contributed by atoms with E-state index in [-0.39, 0.29) is 18.0 Å². The summed E-state index contributed by atoms with van der Waals surface area (Å²) >= 11 is 0. The Bertz CT molecular complexity index is 501. The summed E-state index contributed by atoms with van der Waals surface area (Å²) in [5.74, 6) is 0. The fourth-order valence-corrected chi connectivity index (χ4v) is 3.72. The van der Waals surface area contributed by atoms with Gasteiger partial charge in [0.2, 0.25) is 10.0 Å². The monoisotopic (exact) mass is 256 g/mol. The zero-order valence-electron chi connectivity index (χ0n) is 9.41. The van der Waals surface area contributed by atoms with E-state index < -0.39 is 16.1 Å². The van der Waals surface area contributed by atoms with Crippen molar-refractivity contribution < 1.29 is 13.5 Å². The lowest BCUT2D eigenvalue weighted by Gasteiger charge is -2.17. The Morgan fingerprint density at radius 1 is 1.41 bits per heavy atom. The van der Waals surface area contributed by atoms with Crippen LogP contribution in [0.4, 0.5) is 0 Å². The van der Waals surface area contributed by atoms with E-state index in [0.29, 0.717) is 18.5 Å². The zero-order chi connectivity index (χ0) is 12.5. The number of hydrogen-bond acceptors (Lipinski definition) is 4. The maximum Gasteiger partial charge on any atom is 0.243 e. The molecule has 1 saturated heterocycles. The molecule has 3 N–H and O–H groups in total. The minimum absolute atomic E-state index is 0.168. The fourth-order valence-electron chi connectivity index (χ4n) is 1.99. The van der Waals surface area contributed by atoms with Gasteiger partial charge < -0.3 is 10.8 Å². The number of nitrogens with two attached hydrogens (primary N) is 1. The standard InChI is InChI=1S/C11H16N2O3S/c12-7-9-3-1-2-4-11(9)17(15,16)13-6-5-10(14)8-13/h1-4,10,14H,5-8,12H2. The molecule has 1 aromatic carbocycles. The average molecular weight is 256 g/mol. The van der Waals surface area contributed by atoms with Gasteiger partial charge in [-0.15, -0.1) is 0 Å². The number of aliphatic hydroxyl groups excluding tert-OH is 1. The number of sulfonamides is 1. The Labute approximate surface area is 101 Å². The van der Waals surface area contributed by atoms with Crippen LogP contribution in [-0.4, -0.2) is 37.0 Å². The van der Waals surface area contributed by atoms with E-state index in [4.69, 9.17) is 5.73 Å². The molecule has 1 aliphatic rings. The molecular formula is C11H16N2O3S. The van der Waals surface area contributed by atoms with Crippen LogP contribution in [0.15, 0.2) is 29.2 Å². The van der Waals surface area contributed by atoms with Crippen molar-refractivity contribution in [2.24, 2.45) is 5.73 Å². The first kappa shape index (κ1) is 12.5. The number of aliphatic hydroxyl groups is 1. The van der Waals surface area contributed by atoms with Gasteiger partial charge in [-0.3, -0.25) is 0 Å². The van der Waals surface area contributed by atoms with Crippen LogP contribution in [0.5, 0.6) is 0 Å². The van der Waals surface area contributed by atoms with E-state index in [1.807, 2.05) is 0 Å². The van der Waals surface area contributed by atoms with Crippen LogP contribution in [0.3, 0.4) is 0 Å². The predicted molar refractivity (Wildman–Crippen MR) is 63.7 cm³/mol. The molecule has 1 aromatic rings. The minimum Gasteiger partial charge on any atom is -0.392 e. The van der Waals surface area contributed by atoms with Gasteiger partial charge in [0.1, 0.15) is 0 Å². The SMILES string of the molecule is NCc1ccccc1S(=O)(=O)N1CCC(O)C1. The van der Waals surface area contributed by atoms with Gasteiger partial charge in [0.05, 0.1) is 11.0 Å². The zero-order valence-corrected chi connectivity index (χ0v) is 10.2. The highest BCUT2D eigenvalue weighted by Gasteiger charge is 2.32. The van der Waals surface area contributed by atoms with Crippen LogP contribution in [0.1, 0.15) is 12.0 Å². The molecule has 17 heavy (non-hydrogen) atoms. The van der Waals surface area contributed by atoms with Crippen molar-refractivity contribution in [2.45, 2.75) is 24.0 Å². The molecular weight excluding hydrogens is 240 g/mol. The van der Waals surface area contributed by atoms with Crippen LogP contribution in [0, 0.1) is 0 Å². The number of rotatable bonds is 3. The van der Waals surface area contributed by atoms with Gasteiger partial charge in [0.25, 0.3) is 0 Å². The van der Waals surface area contributed by atoms with Gasteiger partial charge in [0, 0.05) is 19.6 Å². The summed E-state index contributed by atoms with van der Waals surface area (Å²) in [6.45, 7) is 0.718. The molecule has 0 saturated carbocycles. The van der Waals surface area contributed by atoms with Crippen molar-refractivity contribution in [3.05, 3.63) is 29.8 Å². The molecule has 6 heteroatoms. The first-order valence-electron chi connectivity index (χ1n) is 5.52. The number of benzene rings is 1. The molecule has 0 bridgehead atoms. The molecule has 2 rings (SSSR count). The Morgan fingerprint density at radius 3 is 2.71 bits per heavy atom. The highest BCUT2D eigenvalue weighted by atomic mass is 32.2. The summed E-state index contributed by atoms with van der Waals surface area (Å²) in [5.41, 5.74) is 6.15. The molecule has 5 nitrogen and oxygen atoms in total. The van der Waals surface area contributed by atoms with Crippen LogP contribution in [0.2, 0.25) is 0 Å².